The van der Waals surface area contributed by atoms with Crippen molar-refractivity contribution in [1.82, 2.24) is 9.66 Å². The maximum Gasteiger partial charge on any atom is 0.349 e. The van der Waals surface area contributed by atoms with Gasteiger partial charge in [-0.3, -0.25) is 4.79 Å². The van der Waals surface area contributed by atoms with Gasteiger partial charge in [-0.1, -0.05) is 12.1 Å². The lowest BCUT2D eigenvalue weighted by molar-refractivity contribution is -0.139. The van der Waals surface area contributed by atoms with Gasteiger partial charge in [-0.25, -0.2) is 9.59 Å². The molecule has 3 rings (SSSR count). The van der Waals surface area contributed by atoms with Crippen molar-refractivity contribution in [3.63, 3.8) is 0 Å². The molecule has 26 heavy (non-hydrogen) atoms. The molecule has 1 heterocycles. The third kappa shape index (κ3) is 3.72. The maximum atomic E-state index is 12.4. The molecule has 0 unspecified atom stereocenters. The van der Waals surface area contributed by atoms with Crippen LogP contribution in [0.4, 0.5) is 0 Å². The minimum atomic E-state index is -1.09. The maximum absolute atomic E-state index is 12.4. The highest BCUT2D eigenvalue weighted by molar-refractivity contribution is 9.10. The molecule has 8 nitrogen and oxygen atoms in total. The molecule has 9 heteroatoms. The molecule has 0 saturated heterocycles. The summed E-state index contributed by atoms with van der Waals surface area (Å²) in [6, 6.07) is 11.5. The number of ether oxygens (including phenoxy) is 1. The molecule has 0 aliphatic carbocycles. The topological polar surface area (TPSA) is 114 Å². The Labute approximate surface area is 154 Å². The second-order valence-electron chi connectivity index (χ2n) is 5.21. The van der Waals surface area contributed by atoms with Gasteiger partial charge >= 0.3 is 11.7 Å². The molecule has 2 N–H and O–H groups in total. The summed E-state index contributed by atoms with van der Waals surface area (Å²) in [5.41, 5.74) is -0.151. The summed E-state index contributed by atoms with van der Waals surface area (Å²) in [5.74, 6) is -0.734. The van der Waals surface area contributed by atoms with Gasteiger partial charge < -0.3 is 14.8 Å². The number of carboxylic acid groups (broad SMARTS) is 1. The quantitative estimate of drug-likeness (QED) is 0.614. The SMILES string of the molecule is O=C(O)COc1ccc(C=Nn2c(=O)[nH]c3ccccc3c2=O)cc1Br. The first kappa shape index (κ1) is 17.6. The number of aromatic nitrogens is 2. The van der Waals surface area contributed by atoms with E-state index in [2.05, 4.69) is 26.0 Å². The minimum absolute atomic E-state index is 0.350. The summed E-state index contributed by atoms with van der Waals surface area (Å²) in [7, 11) is 0. The monoisotopic (exact) mass is 417 g/mol. The highest BCUT2D eigenvalue weighted by Crippen LogP contribution is 2.25. The predicted molar refractivity (Wildman–Crippen MR) is 99.1 cm³/mol. The van der Waals surface area contributed by atoms with Crippen LogP contribution in [-0.4, -0.2) is 33.6 Å². The number of aliphatic carboxylic acids is 1. The Morgan fingerprint density at radius 1 is 1.27 bits per heavy atom. The summed E-state index contributed by atoms with van der Waals surface area (Å²) in [6.45, 7) is -0.464. The van der Waals surface area contributed by atoms with Crippen molar-refractivity contribution >= 4 is 39.0 Å². The standard InChI is InChI=1S/C17H12BrN3O5/c18-12-7-10(5-6-14(12)26-9-15(22)23)8-19-21-16(24)11-3-1-2-4-13(11)20-17(21)25/h1-8H,9H2,(H,20,25)(H,22,23). The van der Waals surface area contributed by atoms with Crippen molar-refractivity contribution in [2.45, 2.75) is 0 Å². The fourth-order valence-corrected chi connectivity index (χ4v) is 2.75. The van der Waals surface area contributed by atoms with Crippen LogP contribution in [0.25, 0.3) is 10.9 Å². The first-order valence-electron chi connectivity index (χ1n) is 7.38. The summed E-state index contributed by atoms with van der Waals surface area (Å²) >= 11 is 3.27. The van der Waals surface area contributed by atoms with Gasteiger partial charge in [-0.2, -0.15) is 5.10 Å². The number of H-pyrrole nitrogens is 1. The van der Waals surface area contributed by atoms with Crippen LogP contribution >= 0.6 is 15.9 Å². The summed E-state index contributed by atoms with van der Waals surface area (Å²) in [5, 5.41) is 12.9. The van der Waals surface area contributed by atoms with Gasteiger partial charge in [0.2, 0.25) is 0 Å². The van der Waals surface area contributed by atoms with Crippen LogP contribution in [0.1, 0.15) is 5.56 Å². The second kappa shape index (κ2) is 7.36. The molecule has 132 valence electrons. The Morgan fingerprint density at radius 3 is 2.77 bits per heavy atom. The number of aromatic amines is 1. The lowest BCUT2D eigenvalue weighted by atomic mass is 10.2. The Balaban J connectivity index is 1.92. The molecule has 0 aliphatic rings. The van der Waals surface area contributed by atoms with Crippen molar-refractivity contribution in [3.8, 4) is 5.75 Å². The molecule has 3 aromatic rings. The molecular formula is C17H12BrN3O5. The van der Waals surface area contributed by atoms with Crippen LogP contribution in [0.3, 0.4) is 0 Å². The number of hydrogen-bond donors (Lipinski definition) is 2. The van der Waals surface area contributed by atoms with Crippen molar-refractivity contribution < 1.29 is 14.6 Å². The van der Waals surface area contributed by atoms with Gasteiger partial charge in [0, 0.05) is 0 Å². The summed E-state index contributed by atoms with van der Waals surface area (Å²) in [4.78, 5) is 37.6. The van der Waals surface area contributed by atoms with Crippen LogP contribution in [0.2, 0.25) is 0 Å². The van der Waals surface area contributed by atoms with Gasteiger partial charge in [0.1, 0.15) is 5.75 Å². The Hall–Kier alpha value is -3.20. The number of carbonyl (C=O) groups is 1. The smallest absolute Gasteiger partial charge is 0.349 e. The van der Waals surface area contributed by atoms with E-state index in [-0.39, 0.29) is 0 Å². The number of hydrogen-bond acceptors (Lipinski definition) is 5. The second-order valence-corrected chi connectivity index (χ2v) is 6.06. The van der Waals surface area contributed by atoms with E-state index in [1.807, 2.05) is 0 Å². The van der Waals surface area contributed by atoms with Gasteiger partial charge in [0.25, 0.3) is 5.56 Å². The van der Waals surface area contributed by atoms with E-state index in [0.29, 0.717) is 26.7 Å². The molecule has 0 spiro atoms. The zero-order valence-corrected chi connectivity index (χ0v) is 14.8. The van der Waals surface area contributed by atoms with Gasteiger partial charge in [-0.15, -0.1) is 4.68 Å². The molecule has 0 saturated carbocycles. The first-order valence-corrected chi connectivity index (χ1v) is 8.17. The van der Waals surface area contributed by atoms with E-state index < -0.39 is 23.8 Å². The van der Waals surface area contributed by atoms with Crippen LogP contribution in [0.5, 0.6) is 5.75 Å². The lowest BCUT2D eigenvalue weighted by Gasteiger charge is -2.06. The molecule has 0 atom stereocenters. The van der Waals surface area contributed by atoms with E-state index in [1.165, 1.54) is 6.21 Å². The van der Waals surface area contributed by atoms with Crippen molar-refractivity contribution in [3.05, 3.63) is 73.3 Å². The molecule has 0 aliphatic heterocycles. The molecule has 0 amide bonds. The molecule has 0 fully saturated rings. The zero-order chi connectivity index (χ0) is 18.7. The van der Waals surface area contributed by atoms with Crippen LogP contribution < -0.4 is 16.0 Å². The lowest BCUT2D eigenvalue weighted by Crippen LogP contribution is -2.32. The number of fused-ring (bicyclic) bond motifs is 1. The number of benzene rings is 2. The molecule has 1 aromatic heterocycles. The normalized spacial score (nSPS) is 11.1. The highest BCUT2D eigenvalue weighted by atomic mass is 79.9. The van der Waals surface area contributed by atoms with E-state index in [0.717, 1.165) is 4.68 Å². The Bertz CT molecular complexity index is 1130. The average molecular weight is 418 g/mol. The third-order valence-electron chi connectivity index (χ3n) is 3.41. The molecular weight excluding hydrogens is 406 g/mol. The van der Waals surface area contributed by atoms with Crippen molar-refractivity contribution in [1.29, 1.82) is 0 Å². The average Bonchev–Trinajstić information content (AvgIpc) is 2.60. The van der Waals surface area contributed by atoms with Gasteiger partial charge in [0.15, 0.2) is 6.61 Å². The first-order chi connectivity index (χ1) is 12.5. The largest absolute Gasteiger partial charge is 0.481 e. The number of rotatable bonds is 5. The Kier molecular flexibility index (Phi) is 4.99. The summed E-state index contributed by atoms with van der Waals surface area (Å²) in [6.07, 6.45) is 1.34. The highest BCUT2D eigenvalue weighted by Gasteiger charge is 2.07. The number of nitrogens with zero attached hydrogens (tertiary/aromatic N) is 2. The van der Waals surface area contributed by atoms with Crippen LogP contribution in [0, 0.1) is 0 Å². The van der Waals surface area contributed by atoms with Crippen LogP contribution in [0.15, 0.2) is 61.6 Å². The fraction of sp³-hybridized carbons (Fsp3) is 0.0588. The van der Waals surface area contributed by atoms with Crippen molar-refractivity contribution in [2.24, 2.45) is 5.10 Å². The van der Waals surface area contributed by atoms with Gasteiger partial charge in [-0.05, 0) is 51.8 Å². The van der Waals surface area contributed by atoms with Gasteiger partial charge in [0.05, 0.1) is 21.6 Å². The third-order valence-corrected chi connectivity index (χ3v) is 4.03. The fourth-order valence-electron chi connectivity index (χ4n) is 2.24. The number of halogens is 1. The number of para-hydroxylation sites is 1. The minimum Gasteiger partial charge on any atom is -0.481 e. The zero-order valence-electron chi connectivity index (χ0n) is 13.2. The molecule has 0 bridgehead atoms. The van der Waals surface area contributed by atoms with Crippen molar-refractivity contribution in [2.75, 3.05) is 6.61 Å². The van der Waals surface area contributed by atoms with E-state index >= 15 is 0 Å². The van der Waals surface area contributed by atoms with Crippen LogP contribution in [-0.2, 0) is 4.79 Å². The number of carboxylic acids is 1. The van der Waals surface area contributed by atoms with E-state index in [1.54, 1.807) is 42.5 Å². The summed E-state index contributed by atoms with van der Waals surface area (Å²) < 4.78 is 6.36. The number of nitrogens with one attached hydrogen (secondary N) is 1. The van der Waals surface area contributed by atoms with E-state index in [9.17, 15) is 14.4 Å². The van der Waals surface area contributed by atoms with E-state index in [4.69, 9.17) is 9.84 Å². The molecule has 2 aromatic carbocycles. The molecule has 0 radical (unpaired) electrons. The Morgan fingerprint density at radius 2 is 2.04 bits per heavy atom. The predicted octanol–water partition coefficient (Wildman–Crippen LogP) is 1.80.